The molecular weight excluding hydrogens is 220 g/mol. The monoisotopic (exact) mass is 246 g/mol. The lowest BCUT2D eigenvalue weighted by atomic mass is 9.75. The van der Waals surface area contributed by atoms with Gasteiger partial charge < -0.3 is 4.98 Å². The summed E-state index contributed by atoms with van der Waals surface area (Å²) in [5.74, 6) is 2.17. The molecule has 1 saturated carbocycles. The Morgan fingerprint density at radius 2 is 2.06 bits per heavy atom. The van der Waals surface area contributed by atoms with Gasteiger partial charge in [0.15, 0.2) is 0 Å². The van der Waals surface area contributed by atoms with Gasteiger partial charge in [0, 0.05) is 11.1 Å². The number of hydrogen-bond acceptors (Lipinski definition) is 1. The maximum atomic E-state index is 4.96. The van der Waals surface area contributed by atoms with Crippen LogP contribution in [0.5, 0.6) is 0 Å². The van der Waals surface area contributed by atoms with Crippen molar-refractivity contribution in [2.75, 3.05) is 0 Å². The van der Waals surface area contributed by atoms with E-state index >= 15 is 0 Å². The third-order valence-corrected chi connectivity index (χ3v) is 5.25. The number of hydrogen-bond donors (Lipinski definition) is 1. The van der Waals surface area contributed by atoms with Gasteiger partial charge in [0.1, 0.15) is 5.82 Å². The highest BCUT2D eigenvalue weighted by Gasteiger charge is 2.33. The summed E-state index contributed by atoms with van der Waals surface area (Å²) in [4.78, 5) is 8.66. The highest BCUT2D eigenvalue weighted by atomic mass is 15.0. The number of aryl methyl sites for hydroxylation is 1. The summed E-state index contributed by atoms with van der Waals surface area (Å²) >= 11 is 0. The van der Waals surface area contributed by atoms with Gasteiger partial charge >= 0.3 is 0 Å². The molecule has 1 fully saturated rings. The van der Waals surface area contributed by atoms with E-state index in [0.717, 1.165) is 5.92 Å². The predicted molar refractivity (Wildman–Crippen MR) is 74.8 cm³/mol. The van der Waals surface area contributed by atoms with Gasteiger partial charge in [-0.25, -0.2) is 4.98 Å². The Balaban J connectivity index is 1.84. The summed E-state index contributed by atoms with van der Waals surface area (Å²) in [5, 5.41) is 0. The van der Waals surface area contributed by atoms with Gasteiger partial charge in [0.25, 0.3) is 0 Å². The highest BCUT2D eigenvalue weighted by molar-refractivity contribution is 5.22. The van der Waals surface area contributed by atoms with Crippen LogP contribution in [-0.4, -0.2) is 9.97 Å². The summed E-state index contributed by atoms with van der Waals surface area (Å²) in [6.45, 7) is 4.73. The molecule has 1 N–H and O–H groups in total. The Morgan fingerprint density at radius 3 is 2.78 bits per heavy atom. The Morgan fingerprint density at radius 1 is 1.28 bits per heavy atom. The van der Waals surface area contributed by atoms with E-state index in [1.165, 1.54) is 75.0 Å². The molecule has 0 saturated heterocycles. The van der Waals surface area contributed by atoms with Crippen LogP contribution < -0.4 is 0 Å². The number of aromatic nitrogens is 2. The maximum Gasteiger partial charge on any atom is 0.112 e. The molecule has 2 aliphatic carbocycles. The predicted octanol–water partition coefficient (Wildman–Crippen LogP) is 4.15. The summed E-state index contributed by atoms with van der Waals surface area (Å²) in [7, 11) is 0. The molecule has 2 nitrogen and oxygen atoms in total. The molecule has 1 atom stereocenters. The lowest BCUT2D eigenvalue weighted by Gasteiger charge is -2.31. The Bertz CT molecular complexity index is 413. The normalized spacial score (nSPS) is 26.9. The molecule has 0 radical (unpaired) electrons. The van der Waals surface area contributed by atoms with Crippen molar-refractivity contribution in [3.05, 3.63) is 17.2 Å². The number of nitrogens with zero attached hydrogens (tertiary/aromatic N) is 1. The lowest BCUT2D eigenvalue weighted by Crippen LogP contribution is -2.26. The number of H-pyrrole nitrogens is 1. The van der Waals surface area contributed by atoms with Crippen molar-refractivity contribution >= 4 is 0 Å². The molecule has 1 aromatic heterocycles. The van der Waals surface area contributed by atoms with E-state index < -0.39 is 0 Å². The minimum atomic E-state index is 0.331. The summed E-state index contributed by atoms with van der Waals surface area (Å²) in [6.07, 6.45) is 11.9. The Hall–Kier alpha value is -0.790. The van der Waals surface area contributed by atoms with E-state index in [0.29, 0.717) is 5.41 Å². The fourth-order valence-corrected chi connectivity index (χ4v) is 3.76. The minimum absolute atomic E-state index is 0.331. The van der Waals surface area contributed by atoms with Crippen LogP contribution in [0.3, 0.4) is 0 Å². The third kappa shape index (κ3) is 2.10. The third-order valence-electron chi connectivity index (χ3n) is 5.25. The zero-order valence-electron chi connectivity index (χ0n) is 11.9. The van der Waals surface area contributed by atoms with Gasteiger partial charge in [-0.1, -0.05) is 39.5 Å². The molecule has 1 heterocycles. The van der Waals surface area contributed by atoms with Crippen molar-refractivity contribution in [3.63, 3.8) is 0 Å². The van der Waals surface area contributed by atoms with Crippen molar-refractivity contribution in [2.24, 2.45) is 5.92 Å². The first-order valence-electron chi connectivity index (χ1n) is 7.79. The van der Waals surface area contributed by atoms with Gasteiger partial charge in [-0.2, -0.15) is 0 Å². The van der Waals surface area contributed by atoms with E-state index in [2.05, 4.69) is 18.8 Å². The van der Waals surface area contributed by atoms with E-state index in [1.807, 2.05) is 0 Å². The topological polar surface area (TPSA) is 28.7 Å². The second-order valence-electron chi connectivity index (χ2n) is 6.65. The zero-order chi connectivity index (χ0) is 12.6. The fourth-order valence-electron chi connectivity index (χ4n) is 3.76. The molecule has 18 heavy (non-hydrogen) atoms. The van der Waals surface area contributed by atoms with Crippen molar-refractivity contribution in [2.45, 2.75) is 77.0 Å². The fraction of sp³-hybridized carbons (Fsp3) is 0.812. The van der Waals surface area contributed by atoms with Crippen molar-refractivity contribution < 1.29 is 0 Å². The molecule has 3 rings (SSSR count). The minimum Gasteiger partial charge on any atom is -0.345 e. The smallest absolute Gasteiger partial charge is 0.112 e. The largest absolute Gasteiger partial charge is 0.345 e. The van der Waals surface area contributed by atoms with Crippen LogP contribution in [0.2, 0.25) is 0 Å². The number of nitrogens with one attached hydrogen (secondary N) is 1. The Labute approximate surface area is 111 Å². The second-order valence-corrected chi connectivity index (χ2v) is 6.65. The van der Waals surface area contributed by atoms with E-state index in [4.69, 9.17) is 4.98 Å². The molecule has 0 bridgehead atoms. The number of fused-ring (bicyclic) bond motifs is 1. The molecule has 0 aromatic carbocycles. The van der Waals surface area contributed by atoms with Crippen LogP contribution in [0, 0.1) is 5.92 Å². The first-order chi connectivity index (χ1) is 8.71. The van der Waals surface area contributed by atoms with Crippen molar-refractivity contribution in [1.29, 1.82) is 0 Å². The molecule has 2 aliphatic rings. The summed E-state index contributed by atoms with van der Waals surface area (Å²) in [6, 6.07) is 0. The SMILES string of the molecule is CCC1CCc2nc(C3(C)CCCCC3)[nH]c2C1. The van der Waals surface area contributed by atoms with Gasteiger partial charge in [-0.3, -0.25) is 0 Å². The molecule has 2 heteroatoms. The lowest BCUT2D eigenvalue weighted by molar-refractivity contribution is 0.305. The average molecular weight is 246 g/mol. The van der Waals surface area contributed by atoms with Crippen molar-refractivity contribution in [1.82, 2.24) is 9.97 Å². The average Bonchev–Trinajstić information content (AvgIpc) is 2.83. The molecule has 100 valence electrons. The van der Waals surface area contributed by atoms with Gasteiger partial charge in [0.05, 0.1) is 5.69 Å². The van der Waals surface area contributed by atoms with Gasteiger partial charge in [-0.15, -0.1) is 0 Å². The molecule has 0 aliphatic heterocycles. The quantitative estimate of drug-likeness (QED) is 0.834. The molecule has 1 unspecified atom stereocenters. The number of imidazole rings is 1. The maximum absolute atomic E-state index is 4.96. The van der Waals surface area contributed by atoms with Crippen LogP contribution in [0.25, 0.3) is 0 Å². The van der Waals surface area contributed by atoms with Crippen LogP contribution in [0.15, 0.2) is 0 Å². The van der Waals surface area contributed by atoms with Crippen LogP contribution >= 0.6 is 0 Å². The van der Waals surface area contributed by atoms with Crippen LogP contribution in [0.4, 0.5) is 0 Å². The molecular formula is C16H26N2. The summed E-state index contributed by atoms with van der Waals surface area (Å²) in [5.41, 5.74) is 3.16. The first-order valence-corrected chi connectivity index (χ1v) is 7.79. The van der Waals surface area contributed by atoms with Gasteiger partial charge in [-0.05, 0) is 38.0 Å². The molecule has 1 aromatic rings. The van der Waals surface area contributed by atoms with Crippen LogP contribution in [-0.2, 0) is 18.3 Å². The van der Waals surface area contributed by atoms with E-state index in [1.54, 1.807) is 0 Å². The highest BCUT2D eigenvalue weighted by Crippen LogP contribution is 2.39. The zero-order valence-corrected chi connectivity index (χ0v) is 11.9. The van der Waals surface area contributed by atoms with E-state index in [-0.39, 0.29) is 0 Å². The Kier molecular flexibility index (Phi) is 3.21. The first kappa shape index (κ1) is 12.3. The standard InChI is InChI=1S/C16H26N2/c1-3-12-7-8-13-14(11-12)18-15(17-13)16(2)9-5-4-6-10-16/h12H,3-11H2,1-2H3,(H,17,18). The molecule has 0 amide bonds. The number of aromatic amines is 1. The second kappa shape index (κ2) is 4.71. The summed E-state index contributed by atoms with van der Waals surface area (Å²) < 4.78 is 0. The number of rotatable bonds is 2. The van der Waals surface area contributed by atoms with Gasteiger partial charge in [0.2, 0.25) is 0 Å². The van der Waals surface area contributed by atoms with Crippen molar-refractivity contribution in [3.8, 4) is 0 Å². The van der Waals surface area contributed by atoms with E-state index in [9.17, 15) is 0 Å². The van der Waals surface area contributed by atoms with Crippen LogP contribution in [0.1, 0.15) is 76.0 Å². The molecule has 0 spiro atoms.